The van der Waals surface area contributed by atoms with Crippen molar-refractivity contribution >= 4 is 27.8 Å². The van der Waals surface area contributed by atoms with Crippen LogP contribution in [0.5, 0.6) is 0 Å². The molecule has 0 amide bonds. The first-order chi connectivity index (χ1) is 17.4. The van der Waals surface area contributed by atoms with Crippen LogP contribution in [0.15, 0.2) is 152 Å². The Morgan fingerprint density at radius 2 is 0.943 bits per heavy atom. The van der Waals surface area contributed by atoms with Crippen molar-refractivity contribution in [2.45, 2.75) is 0 Å². The van der Waals surface area contributed by atoms with Crippen molar-refractivity contribution in [2.24, 2.45) is 0 Å². The Hall–Kier alpha value is -4.62. The highest BCUT2D eigenvalue weighted by Crippen LogP contribution is 2.43. The third-order valence-electron chi connectivity index (χ3n) is 6.45. The molecule has 0 heterocycles. The number of para-hydroxylation sites is 2. The SMILES string of the molecule is c1ccc(-c2ccc(-c3cccc4ccccc34)cc2N(c2ccccc2)c2ccccc2)cc1. The lowest BCUT2D eigenvalue weighted by Crippen LogP contribution is -2.11. The molecule has 0 aliphatic rings. The fourth-order valence-electron chi connectivity index (χ4n) is 4.80. The van der Waals surface area contributed by atoms with Crippen LogP contribution in [0.3, 0.4) is 0 Å². The number of rotatable bonds is 5. The molecule has 6 aromatic carbocycles. The number of hydrogen-bond donors (Lipinski definition) is 0. The van der Waals surface area contributed by atoms with E-state index in [2.05, 4.69) is 157 Å². The topological polar surface area (TPSA) is 3.24 Å². The third kappa shape index (κ3) is 4.09. The maximum Gasteiger partial charge on any atom is 0.0546 e. The average Bonchev–Trinajstić information content (AvgIpc) is 2.94. The minimum Gasteiger partial charge on any atom is -0.310 e. The summed E-state index contributed by atoms with van der Waals surface area (Å²) in [6.07, 6.45) is 0. The molecule has 0 saturated heterocycles. The highest BCUT2D eigenvalue weighted by atomic mass is 15.1. The summed E-state index contributed by atoms with van der Waals surface area (Å²) in [7, 11) is 0. The quantitative estimate of drug-likeness (QED) is 0.254. The van der Waals surface area contributed by atoms with Gasteiger partial charge in [-0.1, -0.05) is 121 Å². The minimum atomic E-state index is 1.13. The van der Waals surface area contributed by atoms with E-state index < -0.39 is 0 Å². The van der Waals surface area contributed by atoms with Crippen molar-refractivity contribution in [3.8, 4) is 22.3 Å². The van der Waals surface area contributed by atoms with Crippen LogP contribution in [0, 0.1) is 0 Å². The molecule has 0 aliphatic carbocycles. The molecular weight excluding hydrogens is 422 g/mol. The van der Waals surface area contributed by atoms with Crippen LogP contribution in [0.25, 0.3) is 33.0 Å². The van der Waals surface area contributed by atoms with Gasteiger partial charge in [0.25, 0.3) is 0 Å². The molecule has 0 saturated carbocycles. The summed E-state index contributed by atoms with van der Waals surface area (Å²) in [6, 6.07) is 53.9. The van der Waals surface area contributed by atoms with E-state index in [9.17, 15) is 0 Å². The summed E-state index contributed by atoms with van der Waals surface area (Å²) < 4.78 is 0. The Balaban J connectivity index is 1.63. The van der Waals surface area contributed by atoms with Crippen LogP contribution in [-0.4, -0.2) is 0 Å². The van der Waals surface area contributed by atoms with Gasteiger partial charge >= 0.3 is 0 Å². The van der Waals surface area contributed by atoms with Gasteiger partial charge in [-0.15, -0.1) is 0 Å². The average molecular weight is 448 g/mol. The molecule has 1 nitrogen and oxygen atoms in total. The fourth-order valence-corrected chi connectivity index (χ4v) is 4.80. The summed E-state index contributed by atoms with van der Waals surface area (Å²) in [5, 5.41) is 2.51. The van der Waals surface area contributed by atoms with Gasteiger partial charge in [-0.05, 0) is 57.8 Å². The Morgan fingerprint density at radius 1 is 0.371 bits per heavy atom. The van der Waals surface area contributed by atoms with E-state index in [-0.39, 0.29) is 0 Å². The molecule has 0 fully saturated rings. The summed E-state index contributed by atoms with van der Waals surface area (Å²) in [6.45, 7) is 0. The summed E-state index contributed by atoms with van der Waals surface area (Å²) >= 11 is 0. The zero-order valence-corrected chi connectivity index (χ0v) is 19.4. The Bertz CT molecular complexity index is 1530. The molecule has 0 spiro atoms. The Morgan fingerprint density at radius 3 is 1.63 bits per heavy atom. The van der Waals surface area contributed by atoms with Gasteiger partial charge in [0.05, 0.1) is 5.69 Å². The van der Waals surface area contributed by atoms with E-state index in [0.29, 0.717) is 0 Å². The van der Waals surface area contributed by atoms with Gasteiger partial charge in [-0.25, -0.2) is 0 Å². The first-order valence-electron chi connectivity index (χ1n) is 12.0. The van der Waals surface area contributed by atoms with Gasteiger partial charge in [-0.2, -0.15) is 0 Å². The molecule has 0 atom stereocenters. The van der Waals surface area contributed by atoms with Gasteiger partial charge in [0.1, 0.15) is 0 Å². The molecule has 0 unspecified atom stereocenters. The van der Waals surface area contributed by atoms with E-state index in [1.165, 1.54) is 33.0 Å². The van der Waals surface area contributed by atoms with Crippen molar-refractivity contribution in [1.82, 2.24) is 0 Å². The molecule has 6 aromatic rings. The van der Waals surface area contributed by atoms with E-state index >= 15 is 0 Å². The summed E-state index contributed by atoms with van der Waals surface area (Å²) in [4.78, 5) is 2.36. The van der Waals surface area contributed by atoms with E-state index in [0.717, 1.165) is 17.1 Å². The highest BCUT2D eigenvalue weighted by Gasteiger charge is 2.18. The predicted molar refractivity (Wildman–Crippen MR) is 150 cm³/mol. The maximum atomic E-state index is 2.36. The zero-order valence-electron chi connectivity index (χ0n) is 19.4. The van der Waals surface area contributed by atoms with Gasteiger partial charge in [0.15, 0.2) is 0 Å². The lowest BCUT2D eigenvalue weighted by atomic mass is 9.94. The molecule has 0 bridgehead atoms. The van der Waals surface area contributed by atoms with Crippen molar-refractivity contribution in [3.05, 3.63) is 152 Å². The second kappa shape index (κ2) is 9.32. The van der Waals surface area contributed by atoms with Crippen LogP contribution in [0.4, 0.5) is 17.1 Å². The molecular formula is C34H25N. The third-order valence-corrected chi connectivity index (χ3v) is 6.45. The number of hydrogen-bond acceptors (Lipinski definition) is 1. The second-order valence-electron chi connectivity index (χ2n) is 8.63. The standard InChI is InChI=1S/C34H25N/c1-4-13-27(14-5-1)33-24-23-28(32-22-12-16-26-15-10-11-21-31(26)32)25-34(33)35(29-17-6-2-7-18-29)30-19-8-3-9-20-30/h1-25H. The van der Waals surface area contributed by atoms with Crippen molar-refractivity contribution in [1.29, 1.82) is 0 Å². The smallest absolute Gasteiger partial charge is 0.0546 e. The highest BCUT2D eigenvalue weighted by molar-refractivity contribution is 5.99. The monoisotopic (exact) mass is 447 g/mol. The van der Waals surface area contributed by atoms with Gasteiger partial charge < -0.3 is 4.90 Å². The number of benzene rings is 6. The lowest BCUT2D eigenvalue weighted by Gasteiger charge is -2.28. The zero-order chi connectivity index (χ0) is 23.5. The Kier molecular flexibility index (Phi) is 5.58. The first-order valence-corrected chi connectivity index (χ1v) is 12.0. The van der Waals surface area contributed by atoms with Crippen LogP contribution in [-0.2, 0) is 0 Å². The number of fused-ring (bicyclic) bond motifs is 1. The van der Waals surface area contributed by atoms with E-state index in [1.807, 2.05) is 0 Å². The van der Waals surface area contributed by atoms with Crippen LogP contribution < -0.4 is 4.90 Å². The van der Waals surface area contributed by atoms with Gasteiger partial charge in [0, 0.05) is 16.9 Å². The minimum absolute atomic E-state index is 1.13. The normalized spacial score (nSPS) is 10.9. The van der Waals surface area contributed by atoms with Gasteiger partial charge in [-0.3, -0.25) is 0 Å². The predicted octanol–water partition coefficient (Wildman–Crippen LogP) is 9.64. The summed E-state index contributed by atoms with van der Waals surface area (Å²) in [5.74, 6) is 0. The van der Waals surface area contributed by atoms with Crippen LogP contribution in [0.1, 0.15) is 0 Å². The molecule has 166 valence electrons. The van der Waals surface area contributed by atoms with E-state index in [4.69, 9.17) is 0 Å². The van der Waals surface area contributed by atoms with E-state index in [1.54, 1.807) is 0 Å². The van der Waals surface area contributed by atoms with Crippen LogP contribution >= 0.6 is 0 Å². The largest absolute Gasteiger partial charge is 0.310 e. The maximum absolute atomic E-state index is 2.36. The number of anilines is 3. The molecule has 6 rings (SSSR count). The van der Waals surface area contributed by atoms with Crippen molar-refractivity contribution < 1.29 is 0 Å². The fraction of sp³-hybridized carbons (Fsp3) is 0. The Labute approximate surface area is 206 Å². The lowest BCUT2D eigenvalue weighted by molar-refractivity contribution is 1.28. The molecule has 0 aromatic heterocycles. The van der Waals surface area contributed by atoms with Crippen molar-refractivity contribution in [2.75, 3.05) is 4.90 Å². The molecule has 0 N–H and O–H groups in total. The van der Waals surface area contributed by atoms with Gasteiger partial charge in [0.2, 0.25) is 0 Å². The molecule has 35 heavy (non-hydrogen) atoms. The van der Waals surface area contributed by atoms with Crippen LogP contribution in [0.2, 0.25) is 0 Å². The summed E-state index contributed by atoms with van der Waals surface area (Å²) in [5.41, 5.74) is 8.25. The molecule has 1 heteroatoms. The first kappa shape index (κ1) is 20.9. The molecule has 0 aliphatic heterocycles. The van der Waals surface area contributed by atoms with Crippen molar-refractivity contribution in [3.63, 3.8) is 0 Å². The molecule has 0 radical (unpaired) electrons. The number of nitrogens with zero attached hydrogens (tertiary/aromatic N) is 1. The second-order valence-corrected chi connectivity index (χ2v) is 8.63.